The number of amides is 1. The monoisotopic (exact) mass is 513 g/mol. The molecule has 38 heavy (non-hydrogen) atoms. The number of fused-ring (bicyclic) bond motifs is 1. The van der Waals surface area contributed by atoms with Crippen LogP contribution in [0, 0.1) is 13.8 Å². The minimum Gasteiger partial charge on any atom is -0.444 e. The van der Waals surface area contributed by atoms with Crippen LogP contribution in [-0.4, -0.2) is 17.7 Å². The number of nitrogens with one attached hydrogen (secondary N) is 1. The summed E-state index contributed by atoms with van der Waals surface area (Å²) in [4.78, 5) is 38.7. The van der Waals surface area contributed by atoms with E-state index in [2.05, 4.69) is 5.32 Å². The summed E-state index contributed by atoms with van der Waals surface area (Å²) >= 11 is 0. The molecule has 4 rings (SSSR count). The molecule has 0 unspecified atom stereocenters. The van der Waals surface area contributed by atoms with Crippen molar-refractivity contribution in [2.24, 2.45) is 0 Å². The summed E-state index contributed by atoms with van der Waals surface area (Å²) in [5.74, 6) is -0.475. The third-order valence-corrected chi connectivity index (χ3v) is 6.12. The maximum atomic E-state index is 13.3. The highest BCUT2D eigenvalue weighted by atomic mass is 16.6. The molecule has 1 atom stereocenters. The van der Waals surface area contributed by atoms with E-state index in [1.54, 1.807) is 64.1 Å². The summed E-state index contributed by atoms with van der Waals surface area (Å²) in [7, 11) is 0. The normalized spacial score (nSPS) is 12.1. The molecule has 0 spiro atoms. The fourth-order valence-electron chi connectivity index (χ4n) is 4.20. The summed E-state index contributed by atoms with van der Waals surface area (Å²) in [6, 6.07) is 20.8. The fraction of sp³-hybridized carbons (Fsp3) is 0.258. The number of benzene rings is 3. The van der Waals surface area contributed by atoms with Crippen LogP contribution in [0.25, 0.3) is 11.0 Å². The Labute approximate surface area is 221 Å². The number of carbonyl (C=O) groups excluding carboxylic acids is 2. The Morgan fingerprint density at radius 3 is 2.16 bits per heavy atom. The van der Waals surface area contributed by atoms with Crippen molar-refractivity contribution in [1.82, 2.24) is 5.32 Å². The third kappa shape index (κ3) is 6.11. The first-order valence-electron chi connectivity index (χ1n) is 12.4. The first-order chi connectivity index (χ1) is 18.0. The number of esters is 1. The van der Waals surface area contributed by atoms with Gasteiger partial charge in [-0.05, 0) is 63.4 Å². The van der Waals surface area contributed by atoms with Gasteiger partial charge >= 0.3 is 17.7 Å². The summed E-state index contributed by atoms with van der Waals surface area (Å²) in [5, 5.41) is 3.37. The largest absolute Gasteiger partial charge is 0.444 e. The maximum Gasteiger partial charge on any atom is 0.408 e. The van der Waals surface area contributed by atoms with Crippen LogP contribution < -0.4 is 15.7 Å². The predicted octanol–water partition coefficient (Wildman–Crippen LogP) is 6.17. The van der Waals surface area contributed by atoms with E-state index in [1.807, 2.05) is 43.3 Å². The average Bonchev–Trinajstić information content (AvgIpc) is 2.87. The highest BCUT2D eigenvalue weighted by molar-refractivity contribution is 5.88. The van der Waals surface area contributed by atoms with Crippen LogP contribution in [0.5, 0.6) is 5.75 Å². The smallest absolute Gasteiger partial charge is 0.408 e. The van der Waals surface area contributed by atoms with E-state index in [0.29, 0.717) is 28.7 Å². The topological polar surface area (TPSA) is 94.8 Å². The van der Waals surface area contributed by atoms with Gasteiger partial charge < -0.3 is 19.2 Å². The highest BCUT2D eigenvalue weighted by Gasteiger charge is 2.28. The zero-order chi connectivity index (χ0) is 27.4. The lowest BCUT2D eigenvalue weighted by Gasteiger charge is -2.23. The van der Waals surface area contributed by atoms with E-state index in [0.717, 1.165) is 16.5 Å². The van der Waals surface area contributed by atoms with Gasteiger partial charge in [-0.25, -0.2) is 14.4 Å². The van der Waals surface area contributed by atoms with E-state index in [4.69, 9.17) is 13.9 Å². The summed E-state index contributed by atoms with van der Waals surface area (Å²) in [5.41, 5.74) is 2.63. The van der Waals surface area contributed by atoms with Crippen molar-refractivity contribution >= 4 is 23.0 Å². The second-order valence-corrected chi connectivity index (χ2v) is 10.1. The van der Waals surface area contributed by atoms with Crippen LogP contribution in [0.2, 0.25) is 0 Å². The Balaban J connectivity index is 1.64. The number of alkyl carbamates (subject to hydrolysis) is 1. The van der Waals surface area contributed by atoms with E-state index in [-0.39, 0.29) is 5.75 Å². The Bertz CT molecular complexity index is 1520. The molecule has 7 heteroatoms. The average molecular weight is 514 g/mol. The van der Waals surface area contributed by atoms with Gasteiger partial charge in [-0.3, -0.25) is 0 Å². The van der Waals surface area contributed by atoms with Crippen LogP contribution >= 0.6 is 0 Å². The van der Waals surface area contributed by atoms with Crippen LogP contribution in [0.15, 0.2) is 82.0 Å². The number of carbonyl (C=O) groups is 2. The molecule has 4 aromatic rings. The van der Waals surface area contributed by atoms with Gasteiger partial charge in [0.1, 0.15) is 16.9 Å². The molecule has 0 fully saturated rings. The van der Waals surface area contributed by atoms with Gasteiger partial charge in [0, 0.05) is 22.9 Å². The zero-order valence-corrected chi connectivity index (χ0v) is 22.2. The van der Waals surface area contributed by atoms with Crippen LogP contribution in [0.1, 0.15) is 54.6 Å². The summed E-state index contributed by atoms with van der Waals surface area (Å²) in [6.45, 7) is 8.83. The van der Waals surface area contributed by atoms with E-state index >= 15 is 0 Å². The number of ether oxygens (including phenoxy) is 2. The molecule has 0 bridgehead atoms. The van der Waals surface area contributed by atoms with Crippen LogP contribution in [0.3, 0.4) is 0 Å². The lowest BCUT2D eigenvalue weighted by Crippen LogP contribution is -2.39. The number of aryl methyl sites for hydroxylation is 2. The lowest BCUT2D eigenvalue weighted by atomic mass is 9.98. The van der Waals surface area contributed by atoms with E-state index in [1.165, 1.54) is 0 Å². The van der Waals surface area contributed by atoms with Gasteiger partial charge in [-0.15, -0.1) is 0 Å². The summed E-state index contributed by atoms with van der Waals surface area (Å²) < 4.78 is 16.8. The van der Waals surface area contributed by atoms with Gasteiger partial charge in [0.05, 0.1) is 0 Å². The van der Waals surface area contributed by atoms with E-state index in [9.17, 15) is 14.4 Å². The van der Waals surface area contributed by atoms with Crippen molar-refractivity contribution in [3.8, 4) is 5.75 Å². The summed E-state index contributed by atoms with van der Waals surface area (Å²) in [6.07, 6.45) is -0.290. The molecule has 0 radical (unpaired) electrons. The molecule has 1 heterocycles. The van der Waals surface area contributed by atoms with Crippen molar-refractivity contribution in [1.29, 1.82) is 0 Å². The van der Waals surface area contributed by atoms with Crippen molar-refractivity contribution in [2.75, 3.05) is 0 Å². The Hall–Kier alpha value is -4.39. The fourth-order valence-corrected chi connectivity index (χ4v) is 4.20. The van der Waals surface area contributed by atoms with Gasteiger partial charge in [-0.2, -0.15) is 0 Å². The maximum absolute atomic E-state index is 13.3. The van der Waals surface area contributed by atoms with Crippen molar-refractivity contribution < 1.29 is 23.5 Å². The molecule has 196 valence electrons. The highest BCUT2D eigenvalue weighted by Crippen LogP contribution is 2.31. The molecule has 7 nitrogen and oxygen atoms in total. The van der Waals surface area contributed by atoms with Crippen molar-refractivity contribution in [3.05, 3.63) is 111 Å². The zero-order valence-electron chi connectivity index (χ0n) is 22.2. The van der Waals surface area contributed by atoms with Gasteiger partial charge in [0.15, 0.2) is 6.04 Å². The number of rotatable bonds is 6. The van der Waals surface area contributed by atoms with Crippen LogP contribution in [-0.2, 0) is 16.0 Å². The van der Waals surface area contributed by atoms with Crippen molar-refractivity contribution in [3.63, 3.8) is 0 Å². The molecule has 1 N–H and O–H groups in total. The molecular weight excluding hydrogens is 482 g/mol. The second-order valence-electron chi connectivity index (χ2n) is 10.1. The van der Waals surface area contributed by atoms with Gasteiger partial charge in [-0.1, -0.05) is 60.7 Å². The molecule has 1 aromatic heterocycles. The Morgan fingerprint density at radius 2 is 1.53 bits per heavy atom. The van der Waals surface area contributed by atoms with Gasteiger partial charge in [0.25, 0.3) is 0 Å². The minimum atomic E-state index is -1.11. The van der Waals surface area contributed by atoms with Gasteiger partial charge in [0.2, 0.25) is 0 Å². The standard InChI is InChI=1S/C31H31NO6/c1-19-23-16-17-25(20(2)27(23)37-28(33)24(19)18-21-12-8-6-9-13-21)36-29(34)26(22-14-10-7-11-15-22)32-30(35)38-31(3,4)5/h6-17,26H,18H2,1-5H3,(H,32,35)/t26-/m0/s1. The molecule has 0 aliphatic rings. The van der Waals surface area contributed by atoms with Crippen LogP contribution in [0.4, 0.5) is 4.79 Å². The third-order valence-electron chi connectivity index (χ3n) is 6.12. The van der Waals surface area contributed by atoms with Crippen molar-refractivity contribution in [2.45, 2.75) is 52.7 Å². The molecule has 0 saturated heterocycles. The predicted molar refractivity (Wildman–Crippen MR) is 145 cm³/mol. The quantitative estimate of drug-likeness (QED) is 0.188. The first kappa shape index (κ1) is 26.7. The molecule has 3 aromatic carbocycles. The Kier molecular flexibility index (Phi) is 7.67. The number of hydrogen-bond acceptors (Lipinski definition) is 6. The first-order valence-corrected chi connectivity index (χ1v) is 12.4. The SMILES string of the molecule is Cc1c(Cc2ccccc2)c(=O)oc2c(C)c(OC(=O)[C@@H](NC(=O)OC(C)(C)C)c3ccccc3)ccc12. The molecule has 1 amide bonds. The Morgan fingerprint density at radius 1 is 0.895 bits per heavy atom. The second kappa shape index (κ2) is 10.9. The molecule has 0 saturated carbocycles. The van der Waals surface area contributed by atoms with E-state index < -0.39 is 29.3 Å². The number of hydrogen-bond donors (Lipinski definition) is 1. The minimum absolute atomic E-state index is 0.229. The molecular formula is C31H31NO6. The molecule has 0 aliphatic carbocycles. The molecule has 0 aliphatic heterocycles. The lowest BCUT2D eigenvalue weighted by molar-refractivity contribution is -0.137.